The molecule has 0 spiro atoms. The molecule has 0 amide bonds. The van der Waals surface area contributed by atoms with Crippen LogP contribution in [-0.2, 0) is 10.3 Å². The fourth-order valence-electron chi connectivity index (χ4n) is 2.17. The van der Waals surface area contributed by atoms with E-state index in [0.29, 0.717) is 0 Å². The van der Waals surface area contributed by atoms with Crippen molar-refractivity contribution in [2.24, 2.45) is 4.99 Å². The van der Waals surface area contributed by atoms with Crippen LogP contribution in [0, 0.1) is 0 Å². The van der Waals surface area contributed by atoms with Gasteiger partial charge in [0, 0.05) is 0 Å². The average Bonchev–Trinajstić information content (AvgIpc) is 3.14. The van der Waals surface area contributed by atoms with Crippen molar-refractivity contribution in [3.8, 4) is 0 Å². The van der Waals surface area contributed by atoms with Crippen LogP contribution in [0.1, 0.15) is 42.7 Å². The van der Waals surface area contributed by atoms with Crippen LogP contribution in [0.4, 0.5) is 0 Å². The standard InChI is InChI=1S/C13H13NO/c15-9-14-13(6-7-13)12-3-1-2-11(8-12)10-4-5-10/h1-3,8,10H,4-7H2. The monoisotopic (exact) mass is 199 g/mol. The maximum atomic E-state index is 10.4. The molecule has 0 N–H and O–H groups in total. The highest BCUT2D eigenvalue weighted by Gasteiger charge is 2.45. The zero-order chi connectivity index (χ0) is 10.3. The summed E-state index contributed by atoms with van der Waals surface area (Å²) in [5.74, 6) is 0.765. The van der Waals surface area contributed by atoms with Crippen LogP contribution in [0.25, 0.3) is 0 Å². The van der Waals surface area contributed by atoms with E-state index in [1.807, 2.05) is 0 Å². The molecule has 0 aromatic heterocycles. The summed E-state index contributed by atoms with van der Waals surface area (Å²) in [6.07, 6.45) is 6.33. The summed E-state index contributed by atoms with van der Waals surface area (Å²) < 4.78 is 0. The molecule has 0 heterocycles. The predicted octanol–water partition coefficient (Wildman–Crippen LogP) is 2.89. The summed E-state index contributed by atoms with van der Waals surface area (Å²) in [5, 5.41) is 0. The van der Waals surface area contributed by atoms with Crippen molar-refractivity contribution >= 4 is 6.08 Å². The largest absolute Gasteiger partial charge is 0.235 e. The SMILES string of the molecule is O=C=NC1(c2cccc(C3CC3)c2)CC1. The van der Waals surface area contributed by atoms with E-state index >= 15 is 0 Å². The highest BCUT2D eigenvalue weighted by Crippen LogP contribution is 2.50. The van der Waals surface area contributed by atoms with E-state index in [1.165, 1.54) is 24.0 Å². The molecule has 0 atom stereocenters. The molecule has 15 heavy (non-hydrogen) atoms. The summed E-state index contributed by atoms with van der Waals surface area (Å²) in [6, 6.07) is 8.58. The van der Waals surface area contributed by atoms with Gasteiger partial charge in [0.25, 0.3) is 0 Å². The van der Waals surface area contributed by atoms with Crippen LogP contribution in [0.5, 0.6) is 0 Å². The molecule has 3 rings (SSSR count). The van der Waals surface area contributed by atoms with E-state index in [1.54, 1.807) is 6.08 Å². The normalized spacial score (nSPS) is 21.9. The molecule has 0 bridgehead atoms. The van der Waals surface area contributed by atoms with Crippen molar-refractivity contribution in [2.75, 3.05) is 0 Å². The maximum absolute atomic E-state index is 10.4. The summed E-state index contributed by atoms with van der Waals surface area (Å²) in [6.45, 7) is 0. The van der Waals surface area contributed by atoms with Crippen molar-refractivity contribution in [3.05, 3.63) is 35.4 Å². The Kier molecular flexibility index (Phi) is 1.80. The summed E-state index contributed by atoms with van der Waals surface area (Å²) in [4.78, 5) is 14.3. The highest BCUT2D eigenvalue weighted by atomic mass is 16.1. The molecule has 0 unspecified atom stereocenters. The van der Waals surface area contributed by atoms with Gasteiger partial charge in [0.1, 0.15) is 0 Å². The zero-order valence-corrected chi connectivity index (χ0v) is 8.57. The van der Waals surface area contributed by atoms with E-state index in [4.69, 9.17) is 0 Å². The molecule has 0 radical (unpaired) electrons. The topological polar surface area (TPSA) is 29.4 Å². The van der Waals surface area contributed by atoms with Crippen LogP contribution in [0.15, 0.2) is 29.3 Å². The fraction of sp³-hybridized carbons (Fsp3) is 0.462. The molecule has 2 heteroatoms. The van der Waals surface area contributed by atoms with Gasteiger partial charge in [-0.05, 0) is 42.7 Å². The number of isocyanates is 1. The molecular formula is C13H13NO. The van der Waals surface area contributed by atoms with Crippen LogP contribution in [0.3, 0.4) is 0 Å². The lowest BCUT2D eigenvalue weighted by Crippen LogP contribution is -2.02. The Morgan fingerprint density at radius 1 is 1.33 bits per heavy atom. The highest BCUT2D eigenvalue weighted by molar-refractivity contribution is 5.43. The molecule has 76 valence electrons. The van der Waals surface area contributed by atoms with Crippen molar-refractivity contribution in [1.29, 1.82) is 0 Å². The van der Waals surface area contributed by atoms with E-state index in [9.17, 15) is 4.79 Å². The first-order chi connectivity index (χ1) is 7.34. The molecule has 1 aromatic rings. The van der Waals surface area contributed by atoms with E-state index in [-0.39, 0.29) is 5.54 Å². The van der Waals surface area contributed by atoms with Gasteiger partial charge >= 0.3 is 0 Å². The second-order valence-corrected chi connectivity index (χ2v) is 4.63. The second-order valence-electron chi connectivity index (χ2n) is 4.63. The first-order valence-corrected chi connectivity index (χ1v) is 5.53. The molecule has 1 aromatic carbocycles. The van der Waals surface area contributed by atoms with Gasteiger partial charge in [-0.1, -0.05) is 24.3 Å². The van der Waals surface area contributed by atoms with Crippen molar-refractivity contribution in [1.82, 2.24) is 0 Å². The maximum Gasteiger partial charge on any atom is 0.235 e. The van der Waals surface area contributed by atoms with Gasteiger partial charge in [-0.25, -0.2) is 4.79 Å². The van der Waals surface area contributed by atoms with E-state index in [0.717, 1.165) is 18.8 Å². The molecule has 2 nitrogen and oxygen atoms in total. The summed E-state index contributed by atoms with van der Waals surface area (Å²) >= 11 is 0. The third kappa shape index (κ3) is 1.51. The quantitative estimate of drug-likeness (QED) is 0.543. The van der Waals surface area contributed by atoms with Gasteiger partial charge in [0.2, 0.25) is 6.08 Å². The van der Waals surface area contributed by atoms with Crippen LogP contribution < -0.4 is 0 Å². The molecule has 2 aliphatic rings. The Bertz CT molecular complexity index is 438. The summed E-state index contributed by atoms with van der Waals surface area (Å²) in [5.41, 5.74) is 2.42. The van der Waals surface area contributed by atoms with E-state index in [2.05, 4.69) is 29.3 Å². The molecule has 0 aliphatic heterocycles. The Balaban J connectivity index is 1.97. The lowest BCUT2D eigenvalue weighted by Gasteiger charge is -2.09. The number of rotatable bonds is 3. The lowest BCUT2D eigenvalue weighted by atomic mass is 10.0. The number of hydrogen-bond donors (Lipinski definition) is 0. The Hall–Kier alpha value is -1.40. The minimum absolute atomic E-state index is 0.202. The first-order valence-electron chi connectivity index (χ1n) is 5.53. The molecule has 0 saturated heterocycles. The predicted molar refractivity (Wildman–Crippen MR) is 57.5 cm³/mol. The number of nitrogens with zero attached hydrogens (tertiary/aromatic N) is 1. The number of benzene rings is 1. The van der Waals surface area contributed by atoms with Crippen LogP contribution >= 0.6 is 0 Å². The molecule has 2 fully saturated rings. The Labute approximate surface area is 89.0 Å². The summed E-state index contributed by atoms with van der Waals surface area (Å²) in [7, 11) is 0. The smallest absolute Gasteiger partial charge is 0.211 e. The molecule has 2 saturated carbocycles. The minimum atomic E-state index is -0.202. The fourth-order valence-corrected chi connectivity index (χ4v) is 2.17. The Morgan fingerprint density at radius 2 is 2.13 bits per heavy atom. The van der Waals surface area contributed by atoms with E-state index < -0.39 is 0 Å². The van der Waals surface area contributed by atoms with Gasteiger partial charge in [-0.3, -0.25) is 0 Å². The van der Waals surface area contributed by atoms with Gasteiger partial charge in [-0.2, -0.15) is 4.99 Å². The first kappa shape index (κ1) is 8.87. The van der Waals surface area contributed by atoms with Crippen LogP contribution in [0.2, 0.25) is 0 Å². The van der Waals surface area contributed by atoms with Gasteiger partial charge < -0.3 is 0 Å². The number of aliphatic imine (C=N–C) groups is 1. The second kappa shape index (κ2) is 3.04. The van der Waals surface area contributed by atoms with Crippen molar-refractivity contribution < 1.29 is 4.79 Å². The number of carbonyl (C=O) groups excluding carboxylic acids is 1. The minimum Gasteiger partial charge on any atom is -0.211 e. The molecule has 2 aliphatic carbocycles. The molecular weight excluding hydrogens is 186 g/mol. The third-order valence-electron chi connectivity index (χ3n) is 3.46. The van der Waals surface area contributed by atoms with Gasteiger partial charge in [0.05, 0.1) is 5.54 Å². The number of hydrogen-bond acceptors (Lipinski definition) is 2. The Morgan fingerprint density at radius 3 is 2.73 bits per heavy atom. The lowest BCUT2D eigenvalue weighted by molar-refractivity contribution is 0.556. The van der Waals surface area contributed by atoms with Crippen molar-refractivity contribution in [2.45, 2.75) is 37.1 Å². The average molecular weight is 199 g/mol. The van der Waals surface area contributed by atoms with Gasteiger partial charge in [0.15, 0.2) is 0 Å². The zero-order valence-electron chi connectivity index (χ0n) is 8.57. The van der Waals surface area contributed by atoms with Crippen molar-refractivity contribution in [3.63, 3.8) is 0 Å². The third-order valence-corrected chi connectivity index (χ3v) is 3.46. The van der Waals surface area contributed by atoms with Gasteiger partial charge in [-0.15, -0.1) is 0 Å². The van der Waals surface area contributed by atoms with Crippen LogP contribution in [-0.4, -0.2) is 6.08 Å².